The van der Waals surface area contributed by atoms with Gasteiger partial charge in [-0.2, -0.15) is 5.10 Å². The first kappa shape index (κ1) is 18.8. The molecule has 3 aromatic rings. The van der Waals surface area contributed by atoms with Gasteiger partial charge >= 0.3 is 0 Å². The zero-order valence-corrected chi connectivity index (χ0v) is 15.1. The van der Waals surface area contributed by atoms with Gasteiger partial charge in [0.05, 0.1) is 18.9 Å². The molecule has 0 saturated carbocycles. The summed E-state index contributed by atoms with van der Waals surface area (Å²) in [5.74, 6) is -1.69. The van der Waals surface area contributed by atoms with Gasteiger partial charge in [0.15, 0.2) is 0 Å². The third-order valence-corrected chi connectivity index (χ3v) is 4.85. The van der Waals surface area contributed by atoms with Crippen LogP contribution in [0, 0.1) is 25.5 Å². The zero-order valence-electron chi connectivity index (χ0n) is 15.1. The first-order chi connectivity index (χ1) is 12.7. The molecule has 2 aromatic heterocycles. The van der Waals surface area contributed by atoms with E-state index < -0.39 is 23.3 Å². The monoisotopic (exact) mass is 375 g/mol. The predicted octanol–water partition coefficient (Wildman–Crippen LogP) is 1.88. The number of hydrogen-bond acceptors (Lipinski definition) is 5. The molecule has 0 fully saturated rings. The SMILES string of the molecule is Cc1ncn([C@H](C)[C@](O)(Cn2cncn2)c2ccc(F)cc2F)c(=O)c1C. The summed E-state index contributed by atoms with van der Waals surface area (Å²) in [5, 5.41) is 15.4. The standard InChI is InChI=1S/C18H19F2N5O2/c1-11-12(2)22-10-25(17(11)26)13(3)18(27,7-24-9-21-8-23-24)15-5-4-14(19)6-16(15)20/h4-6,8-10,13,27H,7H2,1-3H3/t13-,18-/m1/s1. The zero-order chi connectivity index (χ0) is 19.8. The fourth-order valence-corrected chi connectivity index (χ4v) is 3.00. The minimum atomic E-state index is -1.92. The molecular weight excluding hydrogens is 356 g/mol. The van der Waals surface area contributed by atoms with Crippen LogP contribution in [0.4, 0.5) is 8.78 Å². The molecular formula is C18H19F2N5O2. The minimum absolute atomic E-state index is 0.156. The van der Waals surface area contributed by atoms with Crippen LogP contribution in [0.25, 0.3) is 0 Å². The van der Waals surface area contributed by atoms with Crippen molar-refractivity contribution in [1.29, 1.82) is 0 Å². The Labute approximate surface area is 153 Å². The van der Waals surface area contributed by atoms with Crippen LogP contribution in [-0.4, -0.2) is 29.4 Å². The molecule has 9 heteroatoms. The smallest absolute Gasteiger partial charge is 0.256 e. The molecule has 1 aromatic carbocycles. The lowest BCUT2D eigenvalue weighted by Crippen LogP contribution is -2.44. The molecule has 0 aliphatic heterocycles. The molecule has 0 saturated heterocycles. The number of rotatable bonds is 5. The van der Waals surface area contributed by atoms with Gasteiger partial charge in [0.2, 0.25) is 0 Å². The molecule has 0 aliphatic carbocycles. The topological polar surface area (TPSA) is 85.8 Å². The molecule has 142 valence electrons. The second-order valence-electron chi connectivity index (χ2n) is 6.48. The fourth-order valence-electron chi connectivity index (χ4n) is 3.00. The first-order valence-electron chi connectivity index (χ1n) is 8.28. The number of aliphatic hydroxyl groups is 1. The second kappa shape index (κ2) is 6.99. The van der Waals surface area contributed by atoms with Crippen molar-refractivity contribution in [2.45, 2.75) is 39.0 Å². The third kappa shape index (κ3) is 3.37. The summed E-state index contributed by atoms with van der Waals surface area (Å²) in [5.41, 5.74) is -1.44. The van der Waals surface area contributed by atoms with Crippen molar-refractivity contribution >= 4 is 0 Å². The van der Waals surface area contributed by atoms with E-state index in [1.54, 1.807) is 20.8 Å². The van der Waals surface area contributed by atoms with Crippen molar-refractivity contribution in [1.82, 2.24) is 24.3 Å². The highest BCUT2D eigenvalue weighted by atomic mass is 19.1. The number of benzene rings is 1. The number of aromatic nitrogens is 5. The molecule has 1 N–H and O–H groups in total. The van der Waals surface area contributed by atoms with Crippen LogP contribution in [0.15, 0.2) is 42.0 Å². The summed E-state index contributed by atoms with van der Waals surface area (Å²) in [6.45, 7) is 4.70. The van der Waals surface area contributed by atoms with E-state index in [0.29, 0.717) is 17.3 Å². The van der Waals surface area contributed by atoms with E-state index in [1.807, 2.05) is 0 Å². The van der Waals surface area contributed by atoms with E-state index >= 15 is 0 Å². The highest BCUT2D eigenvalue weighted by Gasteiger charge is 2.41. The van der Waals surface area contributed by atoms with Gasteiger partial charge in [-0.1, -0.05) is 6.07 Å². The summed E-state index contributed by atoms with van der Waals surface area (Å²) in [6.07, 6.45) is 3.94. The second-order valence-corrected chi connectivity index (χ2v) is 6.48. The van der Waals surface area contributed by atoms with Crippen molar-refractivity contribution < 1.29 is 13.9 Å². The van der Waals surface area contributed by atoms with Gasteiger partial charge in [-0.3, -0.25) is 9.36 Å². The molecule has 7 nitrogen and oxygen atoms in total. The Hall–Kier alpha value is -2.94. The summed E-state index contributed by atoms with van der Waals surface area (Å²) in [6, 6.07) is 1.98. The normalized spacial score (nSPS) is 14.7. The Morgan fingerprint density at radius 2 is 2.00 bits per heavy atom. The average Bonchev–Trinajstić information content (AvgIpc) is 3.12. The summed E-state index contributed by atoms with van der Waals surface area (Å²) >= 11 is 0. The minimum Gasteiger partial charge on any atom is -0.381 e. The Balaban J connectivity index is 2.17. The quantitative estimate of drug-likeness (QED) is 0.736. The molecule has 2 atom stereocenters. The van der Waals surface area contributed by atoms with E-state index in [0.717, 1.165) is 12.1 Å². The third-order valence-electron chi connectivity index (χ3n) is 4.85. The summed E-state index contributed by atoms with van der Waals surface area (Å²) in [7, 11) is 0. The molecule has 27 heavy (non-hydrogen) atoms. The van der Waals surface area contributed by atoms with E-state index in [2.05, 4.69) is 15.1 Å². The van der Waals surface area contributed by atoms with E-state index in [1.165, 1.54) is 28.2 Å². The van der Waals surface area contributed by atoms with Gasteiger partial charge in [0.25, 0.3) is 5.56 Å². The van der Waals surface area contributed by atoms with Gasteiger partial charge in [-0.15, -0.1) is 0 Å². The van der Waals surface area contributed by atoms with E-state index in [-0.39, 0.29) is 17.7 Å². The molecule has 3 rings (SSSR count). The molecule has 0 aliphatic rings. The molecule has 0 unspecified atom stereocenters. The lowest BCUT2D eigenvalue weighted by atomic mass is 9.86. The number of nitrogens with zero attached hydrogens (tertiary/aromatic N) is 5. The van der Waals surface area contributed by atoms with Crippen molar-refractivity contribution in [2.24, 2.45) is 0 Å². The van der Waals surface area contributed by atoms with Gasteiger partial charge in [0.1, 0.15) is 29.9 Å². The van der Waals surface area contributed by atoms with Crippen molar-refractivity contribution in [3.63, 3.8) is 0 Å². The van der Waals surface area contributed by atoms with Crippen LogP contribution in [0.3, 0.4) is 0 Å². The number of aryl methyl sites for hydroxylation is 1. The van der Waals surface area contributed by atoms with E-state index in [9.17, 15) is 18.7 Å². The Bertz CT molecular complexity index is 1020. The van der Waals surface area contributed by atoms with Crippen LogP contribution in [0.2, 0.25) is 0 Å². The van der Waals surface area contributed by atoms with Gasteiger partial charge in [-0.05, 0) is 26.8 Å². The fraction of sp³-hybridized carbons (Fsp3) is 0.333. The van der Waals surface area contributed by atoms with Gasteiger partial charge in [-0.25, -0.2) is 23.4 Å². The Kier molecular flexibility index (Phi) is 4.88. The van der Waals surface area contributed by atoms with Crippen LogP contribution in [-0.2, 0) is 12.1 Å². The largest absolute Gasteiger partial charge is 0.381 e. The maximum absolute atomic E-state index is 14.5. The highest BCUT2D eigenvalue weighted by molar-refractivity contribution is 5.27. The number of halogens is 2. The maximum atomic E-state index is 14.5. The van der Waals surface area contributed by atoms with E-state index in [4.69, 9.17) is 0 Å². The van der Waals surface area contributed by atoms with Crippen molar-refractivity contribution in [3.05, 3.63) is 76.0 Å². The predicted molar refractivity (Wildman–Crippen MR) is 93.0 cm³/mol. The maximum Gasteiger partial charge on any atom is 0.256 e. The van der Waals surface area contributed by atoms with Crippen LogP contribution in [0.1, 0.15) is 29.8 Å². The number of hydrogen-bond donors (Lipinski definition) is 1. The molecule has 2 heterocycles. The molecule has 0 radical (unpaired) electrons. The van der Waals surface area contributed by atoms with Crippen LogP contribution in [0.5, 0.6) is 0 Å². The molecule has 0 bridgehead atoms. The average molecular weight is 375 g/mol. The molecule has 0 spiro atoms. The van der Waals surface area contributed by atoms with Gasteiger partial charge < -0.3 is 5.11 Å². The summed E-state index contributed by atoms with van der Waals surface area (Å²) in [4.78, 5) is 20.7. The highest BCUT2D eigenvalue weighted by Crippen LogP contribution is 2.36. The van der Waals surface area contributed by atoms with Crippen LogP contribution < -0.4 is 5.56 Å². The Morgan fingerprint density at radius 1 is 1.26 bits per heavy atom. The molecule has 0 amide bonds. The van der Waals surface area contributed by atoms with Crippen molar-refractivity contribution in [2.75, 3.05) is 0 Å². The van der Waals surface area contributed by atoms with Crippen LogP contribution >= 0.6 is 0 Å². The Morgan fingerprint density at radius 3 is 2.63 bits per heavy atom. The summed E-state index contributed by atoms with van der Waals surface area (Å²) < 4.78 is 30.5. The first-order valence-corrected chi connectivity index (χ1v) is 8.28. The van der Waals surface area contributed by atoms with Gasteiger partial charge in [0, 0.05) is 22.9 Å². The lowest BCUT2D eigenvalue weighted by molar-refractivity contribution is -0.0345. The van der Waals surface area contributed by atoms with Crippen molar-refractivity contribution in [3.8, 4) is 0 Å². The lowest BCUT2D eigenvalue weighted by Gasteiger charge is -2.35.